The van der Waals surface area contributed by atoms with Gasteiger partial charge in [0.15, 0.2) is 0 Å². The van der Waals surface area contributed by atoms with Crippen LogP contribution < -0.4 is 5.32 Å². The fourth-order valence-electron chi connectivity index (χ4n) is 4.79. The highest BCUT2D eigenvalue weighted by Gasteiger charge is 2.50. The highest BCUT2D eigenvalue weighted by atomic mass is 16.2. The topological polar surface area (TPSA) is 59.4 Å². The zero-order valence-electron chi connectivity index (χ0n) is 17.1. The quantitative estimate of drug-likeness (QED) is 0.862. The van der Waals surface area contributed by atoms with Crippen molar-refractivity contribution in [1.82, 2.24) is 15.1 Å². The number of rotatable bonds is 5. The van der Waals surface area contributed by atoms with Crippen molar-refractivity contribution < 1.29 is 4.79 Å². The number of urea groups is 1. The van der Waals surface area contributed by atoms with Crippen molar-refractivity contribution in [3.8, 4) is 6.07 Å². The van der Waals surface area contributed by atoms with E-state index in [1.807, 2.05) is 18.7 Å². The summed E-state index contributed by atoms with van der Waals surface area (Å²) in [6.45, 7) is 8.17. The Morgan fingerprint density at radius 1 is 1.22 bits per heavy atom. The summed E-state index contributed by atoms with van der Waals surface area (Å²) in [5.74, 6) is 0. The van der Waals surface area contributed by atoms with Crippen LogP contribution in [0.3, 0.4) is 0 Å². The zero-order chi connectivity index (χ0) is 19.7. The van der Waals surface area contributed by atoms with Gasteiger partial charge >= 0.3 is 6.03 Å². The van der Waals surface area contributed by atoms with Crippen LogP contribution in [-0.4, -0.2) is 48.1 Å². The summed E-state index contributed by atoms with van der Waals surface area (Å²) < 4.78 is 0. The lowest BCUT2D eigenvalue weighted by Gasteiger charge is -2.49. The second kappa shape index (κ2) is 7.16. The van der Waals surface area contributed by atoms with E-state index in [0.29, 0.717) is 13.1 Å². The Morgan fingerprint density at radius 2 is 1.85 bits per heavy atom. The van der Waals surface area contributed by atoms with Crippen molar-refractivity contribution in [2.45, 2.75) is 57.5 Å². The number of nitrogens with one attached hydrogen (secondary N) is 1. The molecule has 2 aliphatic rings. The fourth-order valence-corrected chi connectivity index (χ4v) is 4.79. The van der Waals surface area contributed by atoms with E-state index in [2.05, 4.69) is 60.6 Å². The van der Waals surface area contributed by atoms with Gasteiger partial charge in [0.2, 0.25) is 0 Å². The first-order valence-electron chi connectivity index (χ1n) is 10.0. The average Bonchev–Trinajstić information content (AvgIpc) is 2.97. The van der Waals surface area contributed by atoms with Crippen LogP contribution in [0.1, 0.15) is 52.0 Å². The van der Waals surface area contributed by atoms with E-state index in [-0.39, 0.29) is 17.1 Å². The van der Waals surface area contributed by atoms with Crippen molar-refractivity contribution in [2.24, 2.45) is 5.41 Å². The largest absolute Gasteiger partial charge is 0.331 e. The Kier molecular flexibility index (Phi) is 5.22. The minimum atomic E-state index is -0.520. The monoisotopic (exact) mass is 368 g/mol. The molecule has 2 amide bonds. The smallest absolute Gasteiger partial charge is 0.318 e. The number of hydrogen-bond donors (Lipinski definition) is 1. The lowest BCUT2D eigenvalue weighted by Crippen LogP contribution is -2.54. The van der Waals surface area contributed by atoms with Crippen molar-refractivity contribution >= 4 is 6.03 Å². The Balaban J connectivity index is 1.77. The minimum absolute atomic E-state index is 0.0191. The molecular formula is C22H32N4O. The van der Waals surface area contributed by atoms with Crippen LogP contribution in [-0.2, 0) is 5.54 Å². The number of carbonyl (C=O) groups is 1. The molecular weight excluding hydrogens is 336 g/mol. The highest BCUT2D eigenvalue weighted by Crippen LogP contribution is 2.46. The van der Waals surface area contributed by atoms with E-state index in [0.717, 1.165) is 32.2 Å². The molecule has 1 aliphatic heterocycles. The van der Waals surface area contributed by atoms with E-state index >= 15 is 0 Å². The van der Waals surface area contributed by atoms with Crippen LogP contribution in [0.5, 0.6) is 0 Å². The summed E-state index contributed by atoms with van der Waals surface area (Å²) in [4.78, 5) is 16.9. The average molecular weight is 369 g/mol. The summed E-state index contributed by atoms with van der Waals surface area (Å²) in [6.07, 6.45) is 3.97. The highest BCUT2D eigenvalue weighted by molar-refractivity contribution is 5.78. The minimum Gasteiger partial charge on any atom is -0.331 e. The van der Waals surface area contributed by atoms with Crippen LogP contribution in [0.15, 0.2) is 30.3 Å². The molecule has 5 heteroatoms. The van der Waals surface area contributed by atoms with Crippen molar-refractivity contribution in [3.63, 3.8) is 0 Å². The van der Waals surface area contributed by atoms with E-state index < -0.39 is 5.41 Å². The maximum Gasteiger partial charge on any atom is 0.318 e. The first-order chi connectivity index (χ1) is 12.8. The Morgan fingerprint density at radius 3 is 2.41 bits per heavy atom. The van der Waals surface area contributed by atoms with Gasteiger partial charge in [-0.25, -0.2) is 4.79 Å². The van der Waals surface area contributed by atoms with Gasteiger partial charge in [-0.2, -0.15) is 5.26 Å². The number of carbonyl (C=O) groups excluding carboxylic acids is 1. The molecule has 0 unspecified atom stereocenters. The van der Waals surface area contributed by atoms with Crippen LogP contribution >= 0.6 is 0 Å². The third-order valence-electron chi connectivity index (χ3n) is 6.59. The number of nitrogens with zero attached hydrogens (tertiary/aromatic N) is 3. The molecule has 3 rings (SSSR count). The van der Waals surface area contributed by atoms with Gasteiger partial charge in [0.1, 0.15) is 0 Å². The van der Waals surface area contributed by atoms with Crippen molar-refractivity contribution in [3.05, 3.63) is 35.9 Å². The second-order valence-electron chi connectivity index (χ2n) is 8.97. The first kappa shape index (κ1) is 19.7. The fraction of sp³-hybridized carbons (Fsp3) is 0.636. The normalized spacial score (nSPS) is 28.4. The molecule has 1 spiro atoms. The molecule has 1 aliphatic carbocycles. The van der Waals surface area contributed by atoms with E-state index in [9.17, 15) is 10.1 Å². The van der Waals surface area contributed by atoms with Gasteiger partial charge in [0.05, 0.1) is 17.0 Å². The zero-order valence-corrected chi connectivity index (χ0v) is 17.1. The number of nitriles is 1. The molecule has 1 heterocycles. The van der Waals surface area contributed by atoms with E-state index in [1.165, 1.54) is 5.56 Å². The second-order valence-corrected chi connectivity index (χ2v) is 8.97. The van der Waals surface area contributed by atoms with Crippen LogP contribution in [0.4, 0.5) is 4.79 Å². The SMILES string of the molecule is CCN(C)[C@]1(c2ccccc2)CC[C@]2(CC1)CN(CC(C)(C)C#N)C(=O)N2. The standard InChI is InChI=1S/C22H32N4O/c1-5-25(4)22(18-9-7-6-8-10-18)13-11-21(12-14-22)17-26(19(27)24-21)16-20(2,3)15-23/h6-10H,5,11-14,16-17H2,1-4H3,(H,24,27)/t21-,22+. The van der Waals surface area contributed by atoms with Crippen molar-refractivity contribution in [2.75, 3.05) is 26.7 Å². The molecule has 0 atom stereocenters. The number of amides is 2. The van der Waals surface area contributed by atoms with E-state index in [4.69, 9.17) is 0 Å². The van der Waals surface area contributed by atoms with Crippen molar-refractivity contribution in [1.29, 1.82) is 5.26 Å². The molecule has 0 aromatic heterocycles. The summed E-state index contributed by atoms with van der Waals surface area (Å²) >= 11 is 0. The lowest BCUT2D eigenvalue weighted by atomic mass is 9.68. The molecule has 1 aromatic carbocycles. The molecule has 27 heavy (non-hydrogen) atoms. The molecule has 1 aromatic rings. The molecule has 2 fully saturated rings. The predicted octanol–water partition coefficient (Wildman–Crippen LogP) is 3.72. The van der Waals surface area contributed by atoms with Gasteiger partial charge < -0.3 is 10.2 Å². The van der Waals surface area contributed by atoms with Gasteiger partial charge in [-0.1, -0.05) is 37.3 Å². The maximum atomic E-state index is 12.6. The number of hydrogen-bond acceptors (Lipinski definition) is 3. The number of benzene rings is 1. The van der Waals surface area contributed by atoms with Gasteiger partial charge in [0, 0.05) is 18.6 Å². The predicted molar refractivity (Wildman–Crippen MR) is 107 cm³/mol. The molecule has 146 valence electrons. The van der Waals surface area contributed by atoms with Crippen LogP contribution in [0, 0.1) is 16.7 Å². The van der Waals surface area contributed by atoms with Gasteiger partial charge in [-0.3, -0.25) is 4.90 Å². The summed E-state index contributed by atoms with van der Waals surface area (Å²) in [5, 5.41) is 12.6. The van der Waals surface area contributed by atoms with Crippen LogP contribution in [0.2, 0.25) is 0 Å². The summed E-state index contributed by atoms with van der Waals surface area (Å²) in [6, 6.07) is 13.1. The Bertz CT molecular complexity index is 714. The Labute approximate surface area is 163 Å². The van der Waals surface area contributed by atoms with Gasteiger partial charge in [0.25, 0.3) is 0 Å². The molecule has 5 nitrogen and oxygen atoms in total. The molecule has 1 N–H and O–H groups in total. The molecule has 0 radical (unpaired) electrons. The van der Waals surface area contributed by atoms with Gasteiger partial charge in [-0.05, 0) is 58.7 Å². The van der Waals surface area contributed by atoms with E-state index in [1.54, 1.807) is 0 Å². The van der Waals surface area contributed by atoms with Crippen LogP contribution in [0.25, 0.3) is 0 Å². The third kappa shape index (κ3) is 3.68. The summed E-state index contributed by atoms with van der Waals surface area (Å²) in [5.41, 5.74) is 0.727. The molecule has 1 saturated heterocycles. The Hall–Kier alpha value is -2.06. The summed E-state index contributed by atoms with van der Waals surface area (Å²) in [7, 11) is 2.21. The molecule has 1 saturated carbocycles. The lowest BCUT2D eigenvalue weighted by molar-refractivity contribution is 0.0457. The van der Waals surface area contributed by atoms with Gasteiger partial charge in [-0.15, -0.1) is 0 Å². The third-order valence-corrected chi connectivity index (χ3v) is 6.59. The maximum absolute atomic E-state index is 12.6. The molecule has 0 bridgehead atoms. The first-order valence-corrected chi connectivity index (χ1v) is 10.0.